The lowest BCUT2D eigenvalue weighted by molar-refractivity contribution is 0.0488. The van der Waals surface area contributed by atoms with Gasteiger partial charge in [-0.2, -0.15) is 0 Å². The molecule has 2 aromatic carbocycles. The smallest absolute Gasteiger partial charge is 0.193 e. The van der Waals surface area contributed by atoms with Gasteiger partial charge in [0.1, 0.15) is 5.60 Å². The molecule has 0 aliphatic carbocycles. The van der Waals surface area contributed by atoms with Crippen molar-refractivity contribution in [2.24, 2.45) is 0 Å². The lowest BCUT2D eigenvalue weighted by Crippen LogP contribution is -2.31. The van der Waals surface area contributed by atoms with Crippen LogP contribution >= 0.6 is 0 Å². The van der Waals surface area contributed by atoms with Crippen LogP contribution in [-0.4, -0.2) is 22.3 Å². The number of hydrogen-bond donors (Lipinski definition) is 1. The van der Waals surface area contributed by atoms with Crippen LogP contribution in [0, 0.1) is 0 Å². The number of carbonyl (C=O) groups is 2. The summed E-state index contributed by atoms with van der Waals surface area (Å²) in [5, 5.41) is 9.91. The van der Waals surface area contributed by atoms with Gasteiger partial charge in [-0.05, 0) is 31.4 Å². The zero-order valence-electron chi connectivity index (χ0n) is 14.0. The molecular weight excluding hydrogens is 288 g/mol. The Morgan fingerprint density at radius 1 is 0.957 bits per heavy atom. The van der Waals surface area contributed by atoms with Crippen LogP contribution in [0.2, 0.25) is 0 Å². The fourth-order valence-electron chi connectivity index (χ4n) is 2.49. The number of benzene rings is 2. The third-order valence-electron chi connectivity index (χ3n) is 3.77. The van der Waals surface area contributed by atoms with Gasteiger partial charge in [-0.1, -0.05) is 56.3 Å². The first-order valence-electron chi connectivity index (χ1n) is 7.72. The zero-order chi connectivity index (χ0) is 17.2. The first-order valence-corrected chi connectivity index (χ1v) is 7.72. The van der Waals surface area contributed by atoms with Crippen molar-refractivity contribution in [1.29, 1.82) is 0 Å². The molecule has 120 valence electrons. The molecule has 0 amide bonds. The highest BCUT2D eigenvalue weighted by atomic mass is 16.3. The van der Waals surface area contributed by atoms with Gasteiger partial charge in [-0.15, -0.1) is 0 Å². The molecule has 0 aliphatic heterocycles. The Morgan fingerprint density at radius 3 is 2.09 bits per heavy atom. The summed E-state index contributed by atoms with van der Waals surface area (Å²) < 4.78 is 0. The van der Waals surface area contributed by atoms with Crippen LogP contribution < -0.4 is 0 Å². The topological polar surface area (TPSA) is 54.4 Å². The normalized spacial score (nSPS) is 11.6. The van der Waals surface area contributed by atoms with E-state index in [4.69, 9.17) is 0 Å². The first kappa shape index (κ1) is 17.1. The third-order valence-corrected chi connectivity index (χ3v) is 3.77. The summed E-state index contributed by atoms with van der Waals surface area (Å²) >= 11 is 0. The average Bonchev–Trinajstić information content (AvgIpc) is 2.52. The van der Waals surface area contributed by atoms with Crippen molar-refractivity contribution in [1.82, 2.24) is 0 Å². The molecule has 2 aromatic rings. The van der Waals surface area contributed by atoms with Crippen molar-refractivity contribution in [3.8, 4) is 0 Å². The number of ketones is 2. The van der Waals surface area contributed by atoms with Gasteiger partial charge in [0.25, 0.3) is 0 Å². The van der Waals surface area contributed by atoms with Gasteiger partial charge in [-0.3, -0.25) is 9.59 Å². The minimum absolute atomic E-state index is 0.0587. The minimum atomic E-state index is -1.43. The molecule has 1 N–H and O–H groups in total. The van der Waals surface area contributed by atoms with Crippen molar-refractivity contribution in [2.45, 2.75) is 39.2 Å². The van der Waals surface area contributed by atoms with E-state index in [1.54, 1.807) is 30.3 Å². The van der Waals surface area contributed by atoms with Crippen LogP contribution in [0.1, 0.15) is 65.5 Å². The molecule has 0 atom stereocenters. The van der Waals surface area contributed by atoms with Crippen LogP contribution in [0.4, 0.5) is 0 Å². The van der Waals surface area contributed by atoms with Crippen LogP contribution in [0.5, 0.6) is 0 Å². The fraction of sp³-hybridized carbons (Fsp3) is 0.300. The van der Waals surface area contributed by atoms with Crippen LogP contribution in [0.25, 0.3) is 0 Å². The Balaban J connectivity index is 2.50. The molecule has 0 aliphatic rings. The first-order chi connectivity index (χ1) is 10.7. The summed E-state index contributed by atoms with van der Waals surface area (Å²) in [6.45, 7) is 6.89. The number of carbonyl (C=O) groups excluding carboxylic acids is 2. The second-order valence-electron chi connectivity index (χ2n) is 6.54. The number of rotatable bonds is 5. The van der Waals surface area contributed by atoms with E-state index >= 15 is 0 Å². The maximum atomic E-state index is 12.7. The lowest BCUT2D eigenvalue weighted by Gasteiger charge is -2.18. The number of hydrogen-bond acceptors (Lipinski definition) is 3. The highest BCUT2D eigenvalue weighted by molar-refractivity contribution is 6.11. The van der Waals surface area contributed by atoms with E-state index in [-0.39, 0.29) is 17.5 Å². The summed E-state index contributed by atoms with van der Waals surface area (Å²) in [5.41, 5.74) is 1.02. The van der Waals surface area contributed by atoms with Crippen molar-refractivity contribution >= 4 is 11.6 Å². The number of Topliss-reactive ketones (excluding diaryl/α,β-unsaturated/α-hetero) is 1. The summed E-state index contributed by atoms with van der Waals surface area (Å²) in [5.74, 6) is -0.318. The Hall–Kier alpha value is -2.26. The molecule has 3 heteroatoms. The molecule has 23 heavy (non-hydrogen) atoms. The molecule has 0 radical (unpaired) electrons. The van der Waals surface area contributed by atoms with Crippen molar-refractivity contribution in [3.05, 3.63) is 70.8 Å². The van der Waals surface area contributed by atoms with E-state index in [0.29, 0.717) is 16.7 Å². The standard InChI is InChI=1S/C20H22O3/c1-13(2)17-12-15(19(22)20(3,4)23)10-11-16(17)18(21)14-8-6-5-7-9-14/h5-13,23H,1-4H3. The molecule has 0 saturated heterocycles. The van der Waals surface area contributed by atoms with Crippen LogP contribution in [0.15, 0.2) is 48.5 Å². The van der Waals surface area contributed by atoms with Gasteiger partial charge >= 0.3 is 0 Å². The van der Waals surface area contributed by atoms with Crippen LogP contribution in [-0.2, 0) is 0 Å². The van der Waals surface area contributed by atoms with Gasteiger partial charge in [-0.25, -0.2) is 0 Å². The lowest BCUT2D eigenvalue weighted by atomic mass is 9.87. The van der Waals surface area contributed by atoms with Crippen LogP contribution in [0.3, 0.4) is 0 Å². The van der Waals surface area contributed by atoms with E-state index in [1.807, 2.05) is 32.0 Å². The van der Waals surface area contributed by atoms with E-state index in [2.05, 4.69) is 0 Å². The predicted octanol–water partition coefficient (Wildman–Crippen LogP) is 3.99. The summed E-state index contributed by atoms with van der Waals surface area (Å²) in [6, 6.07) is 14.1. The molecule has 0 saturated carbocycles. The highest BCUT2D eigenvalue weighted by Gasteiger charge is 2.26. The summed E-state index contributed by atoms with van der Waals surface area (Å²) in [4.78, 5) is 25.0. The van der Waals surface area contributed by atoms with Gasteiger partial charge in [0.2, 0.25) is 0 Å². The maximum Gasteiger partial charge on any atom is 0.193 e. The molecule has 2 rings (SSSR count). The SMILES string of the molecule is CC(C)c1cc(C(=O)C(C)(C)O)ccc1C(=O)c1ccccc1. The molecule has 3 nitrogen and oxygen atoms in total. The molecule has 0 bridgehead atoms. The molecule has 0 spiro atoms. The molecule has 0 unspecified atom stereocenters. The Morgan fingerprint density at radius 2 is 1.57 bits per heavy atom. The average molecular weight is 310 g/mol. The molecular formula is C20H22O3. The summed E-state index contributed by atoms with van der Waals surface area (Å²) in [7, 11) is 0. The van der Waals surface area contributed by atoms with E-state index in [0.717, 1.165) is 5.56 Å². The minimum Gasteiger partial charge on any atom is -0.382 e. The van der Waals surface area contributed by atoms with Crippen molar-refractivity contribution < 1.29 is 14.7 Å². The number of aliphatic hydroxyl groups is 1. The van der Waals surface area contributed by atoms with Gasteiger partial charge < -0.3 is 5.11 Å². The van der Waals surface area contributed by atoms with E-state index in [1.165, 1.54) is 13.8 Å². The largest absolute Gasteiger partial charge is 0.382 e. The third kappa shape index (κ3) is 3.74. The maximum absolute atomic E-state index is 12.7. The fourth-order valence-corrected chi connectivity index (χ4v) is 2.49. The van der Waals surface area contributed by atoms with Crippen molar-refractivity contribution in [2.75, 3.05) is 0 Å². The second-order valence-corrected chi connectivity index (χ2v) is 6.54. The second kappa shape index (κ2) is 6.47. The van der Waals surface area contributed by atoms with Gasteiger partial charge in [0.15, 0.2) is 11.6 Å². The van der Waals surface area contributed by atoms with Crippen molar-refractivity contribution in [3.63, 3.8) is 0 Å². The molecule has 0 aromatic heterocycles. The predicted molar refractivity (Wildman–Crippen MR) is 91.0 cm³/mol. The molecule has 0 heterocycles. The van der Waals surface area contributed by atoms with E-state index < -0.39 is 5.60 Å². The highest BCUT2D eigenvalue weighted by Crippen LogP contribution is 2.25. The Bertz CT molecular complexity index is 722. The zero-order valence-corrected chi connectivity index (χ0v) is 14.0. The van der Waals surface area contributed by atoms with Gasteiger partial charge in [0, 0.05) is 16.7 Å². The van der Waals surface area contributed by atoms with Gasteiger partial charge in [0.05, 0.1) is 0 Å². The summed E-state index contributed by atoms with van der Waals surface area (Å²) in [6.07, 6.45) is 0. The molecule has 0 fully saturated rings. The Kier molecular flexibility index (Phi) is 4.81. The monoisotopic (exact) mass is 310 g/mol. The Labute approximate surface area is 137 Å². The quantitative estimate of drug-likeness (QED) is 0.849. The van der Waals surface area contributed by atoms with E-state index in [9.17, 15) is 14.7 Å².